The molecule has 0 bridgehead atoms. The van der Waals surface area contributed by atoms with Crippen LogP contribution in [0.25, 0.3) is 0 Å². The van der Waals surface area contributed by atoms with Gasteiger partial charge in [-0.25, -0.2) is 4.79 Å². The first kappa shape index (κ1) is 13.6. The van der Waals surface area contributed by atoms with E-state index >= 15 is 0 Å². The maximum Gasteiger partial charge on any atom is 0.326 e. The highest BCUT2D eigenvalue weighted by Crippen LogP contribution is 2.24. The molecular formula is C17H19N3O. The molecule has 1 heterocycles. The molecule has 0 saturated carbocycles. The lowest BCUT2D eigenvalue weighted by Crippen LogP contribution is -2.41. The fraction of sp³-hybridized carbons (Fsp3) is 0.235. The zero-order chi connectivity index (χ0) is 14.7. The fourth-order valence-corrected chi connectivity index (χ4v) is 2.55. The Morgan fingerprint density at radius 1 is 1.14 bits per heavy atom. The van der Waals surface area contributed by atoms with Gasteiger partial charge < -0.3 is 10.6 Å². The van der Waals surface area contributed by atoms with E-state index in [2.05, 4.69) is 23.6 Å². The molecule has 0 aromatic heterocycles. The van der Waals surface area contributed by atoms with Crippen LogP contribution in [0.2, 0.25) is 0 Å². The molecule has 1 unspecified atom stereocenters. The molecule has 108 valence electrons. The summed E-state index contributed by atoms with van der Waals surface area (Å²) in [6.07, 6.45) is 0. The molecule has 2 aromatic rings. The van der Waals surface area contributed by atoms with Crippen LogP contribution in [0, 0.1) is 0 Å². The minimum absolute atomic E-state index is 0.0933. The first-order valence-electron chi connectivity index (χ1n) is 7.19. The summed E-state index contributed by atoms with van der Waals surface area (Å²) in [5.74, 6) is 0. The highest BCUT2D eigenvalue weighted by Gasteiger charge is 2.23. The van der Waals surface area contributed by atoms with E-state index in [9.17, 15) is 4.79 Å². The minimum Gasteiger partial charge on any atom is -0.308 e. The van der Waals surface area contributed by atoms with Gasteiger partial charge in [0, 0.05) is 30.5 Å². The van der Waals surface area contributed by atoms with Crippen molar-refractivity contribution in [3.05, 3.63) is 60.2 Å². The molecule has 3 rings (SSSR count). The van der Waals surface area contributed by atoms with E-state index in [-0.39, 0.29) is 12.1 Å². The Balaban J connectivity index is 1.87. The van der Waals surface area contributed by atoms with Crippen LogP contribution in [0.4, 0.5) is 16.2 Å². The van der Waals surface area contributed by atoms with E-state index in [0.29, 0.717) is 6.54 Å². The zero-order valence-corrected chi connectivity index (χ0v) is 12.0. The van der Waals surface area contributed by atoms with E-state index in [1.165, 1.54) is 0 Å². The lowest BCUT2D eigenvalue weighted by Gasteiger charge is -2.24. The van der Waals surface area contributed by atoms with E-state index < -0.39 is 0 Å². The number of rotatable bonds is 1. The number of nitrogens with zero attached hydrogens (tertiary/aromatic N) is 1. The van der Waals surface area contributed by atoms with Crippen LogP contribution in [0.1, 0.15) is 12.5 Å². The van der Waals surface area contributed by atoms with E-state index in [0.717, 1.165) is 23.5 Å². The number of anilines is 2. The van der Waals surface area contributed by atoms with Crippen LogP contribution in [0.3, 0.4) is 0 Å². The van der Waals surface area contributed by atoms with Crippen LogP contribution in [-0.4, -0.2) is 18.6 Å². The Bertz CT molecular complexity index is 627. The van der Waals surface area contributed by atoms with Gasteiger partial charge in [0.2, 0.25) is 0 Å². The molecule has 4 nitrogen and oxygen atoms in total. The van der Waals surface area contributed by atoms with Gasteiger partial charge in [-0.15, -0.1) is 0 Å². The van der Waals surface area contributed by atoms with Crippen molar-refractivity contribution < 1.29 is 4.79 Å². The highest BCUT2D eigenvalue weighted by molar-refractivity contribution is 6.02. The van der Waals surface area contributed by atoms with Crippen LogP contribution in [0.15, 0.2) is 54.6 Å². The molecule has 2 aromatic carbocycles. The fourth-order valence-electron chi connectivity index (χ4n) is 2.55. The van der Waals surface area contributed by atoms with Crippen molar-refractivity contribution in [1.82, 2.24) is 5.32 Å². The van der Waals surface area contributed by atoms with Crippen molar-refractivity contribution in [2.24, 2.45) is 0 Å². The summed E-state index contributed by atoms with van der Waals surface area (Å²) in [5, 5.41) is 6.39. The minimum atomic E-state index is -0.0933. The molecule has 21 heavy (non-hydrogen) atoms. The number of hydrogen-bond donors (Lipinski definition) is 2. The third-order valence-corrected chi connectivity index (χ3v) is 3.65. The summed E-state index contributed by atoms with van der Waals surface area (Å²) < 4.78 is 0. The third-order valence-electron chi connectivity index (χ3n) is 3.65. The topological polar surface area (TPSA) is 44.4 Å². The Morgan fingerprint density at radius 2 is 1.86 bits per heavy atom. The quantitative estimate of drug-likeness (QED) is 0.843. The van der Waals surface area contributed by atoms with Crippen molar-refractivity contribution in [3.63, 3.8) is 0 Å². The normalized spacial score (nSPS) is 17.8. The molecule has 1 aliphatic rings. The standard InChI is InChI=1S/C17H19N3O/c1-13-12-20(16-10-6-5-7-14(16)11-18-13)17(21)19-15-8-3-2-4-9-15/h2-10,13,18H,11-12H2,1H3,(H,19,21). The van der Waals surface area contributed by atoms with Gasteiger partial charge in [0.25, 0.3) is 0 Å². The van der Waals surface area contributed by atoms with Crippen LogP contribution < -0.4 is 15.5 Å². The maximum absolute atomic E-state index is 12.6. The monoisotopic (exact) mass is 281 g/mol. The second-order valence-corrected chi connectivity index (χ2v) is 5.32. The molecule has 0 saturated heterocycles. The lowest BCUT2D eigenvalue weighted by molar-refractivity contribution is 0.256. The second-order valence-electron chi connectivity index (χ2n) is 5.32. The van der Waals surface area contributed by atoms with Gasteiger partial charge in [-0.2, -0.15) is 0 Å². The van der Waals surface area contributed by atoms with Crippen LogP contribution >= 0.6 is 0 Å². The van der Waals surface area contributed by atoms with Gasteiger partial charge in [-0.3, -0.25) is 4.90 Å². The molecule has 2 amide bonds. The zero-order valence-electron chi connectivity index (χ0n) is 12.0. The van der Waals surface area contributed by atoms with E-state index in [4.69, 9.17) is 0 Å². The number of fused-ring (bicyclic) bond motifs is 1. The predicted octanol–water partition coefficient (Wildman–Crippen LogP) is 3.22. The highest BCUT2D eigenvalue weighted by atomic mass is 16.2. The Kier molecular flexibility index (Phi) is 3.88. The largest absolute Gasteiger partial charge is 0.326 e. The van der Waals surface area contributed by atoms with Gasteiger partial charge >= 0.3 is 6.03 Å². The maximum atomic E-state index is 12.6. The first-order valence-corrected chi connectivity index (χ1v) is 7.19. The molecule has 0 fully saturated rings. The number of para-hydroxylation sites is 2. The van der Waals surface area contributed by atoms with Gasteiger partial charge in [0.05, 0.1) is 0 Å². The van der Waals surface area contributed by atoms with Gasteiger partial charge in [0.15, 0.2) is 0 Å². The Morgan fingerprint density at radius 3 is 2.67 bits per heavy atom. The Labute approximate surface area is 124 Å². The summed E-state index contributed by atoms with van der Waals surface area (Å²) >= 11 is 0. The molecule has 0 radical (unpaired) electrons. The van der Waals surface area contributed by atoms with Crippen LogP contribution in [-0.2, 0) is 6.54 Å². The summed E-state index contributed by atoms with van der Waals surface area (Å²) in [7, 11) is 0. The molecule has 0 aliphatic carbocycles. The lowest BCUT2D eigenvalue weighted by atomic mass is 10.1. The van der Waals surface area contributed by atoms with E-state index in [1.807, 2.05) is 53.4 Å². The van der Waals surface area contributed by atoms with Crippen molar-refractivity contribution in [2.75, 3.05) is 16.8 Å². The number of urea groups is 1. The number of carbonyl (C=O) groups excluding carboxylic acids is 1. The van der Waals surface area contributed by atoms with Gasteiger partial charge in [0.1, 0.15) is 0 Å². The summed E-state index contributed by atoms with van der Waals surface area (Å²) in [6, 6.07) is 17.7. The molecule has 0 spiro atoms. The van der Waals surface area contributed by atoms with Gasteiger partial charge in [-0.05, 0) is 30.7 Å². The average molecular weight is 281 g/mol. The number of hydrogen-bond acceptors (Lipinski definition) is 2. The molecule has 2 N–H and O–H groups in total. The SMILES string of the molecule is CC1CN(C(=O)Nc2ccccc2)c2ccccc2CN1. The number of benzene rings is 2. The average Bonchev–Trinajstić information content (AvgIpc) is 2.68. The van der Waals surface area contributed by atoms with Crippen LogP contribution in [0.5, 0.6) is 0 Å². The molecule has 1 aliphatic heterocycles. The molecule has 1 atom stereocenters. The third kappa shape index (κ3) is 3.06. The van der Waals surface area contributed by atoms with E-state index in [1.54, 1.807) is 0 Å². The summed E-state index contributed by atoms with van der Waals surface area (Å²) in [6.45, 7) is 3.52. The van der Waals surface area contributed by atoms with Crippen molar-refractivity contribution in [3.8, 4) is 0 Å². The number of nitrogens with one attached hydrogen (secondary N) is 2. The Hall–Kier alpha value is -2.33. The van der Waals surface area contributed by atoms with Crippen molar-refractivity contribution >= 4 is 17.4 Å². The first-order chi connectivity index (χ1) is 10.2. The molecular weight excluding hydrogens is 262 g/mol. The van der Waals surface area contributed by atoms with Crippen molar-refractivity contribution in [2.45, 2.75) is 19.5 Å². The summed E-state index contributed by atoms with van der Waals surface area (Å²) in [4.78, 5) is 14.4. The molecule has 4 heteroatoms. The van der Waals surface area contributed by atoms with Gasteiger partial charge in [-0.1, -0.05) is 36.4 Å². The summed E-state index contributed by atoms with van der Waals surface area (Å²) in [5.41, 5.74) is 2.93. The smallest absolute Gasteiger partial charge is 0.308 e. The van der Waals surface area contributed by atoms with Crippen molar-refractivity contribution in [1.29, 1.82) is 0 Å². The number of amides is 2. The number of carbonyl (C=O) groups is 1. The predicted molar refractivity (Wildman–Crippen MR) is 85.6 cm³/mol. The second kappa shape index (κ2) is 5.97.